The molecule has 41 nitrogen and oxygen atoms in total. The molecule has 16 atom stereocenters. The number of hydrogen-bond donors (Lipinski definition) is 17. The van der Waals surface area contributed by atoms with Crippen LogP contribution in [0, 0.1) is 5.92 Å². The van der Waals surface area contributed by atoms with Gasteiger partial charge in [0.1, 0.15) is 78.6 Å². The van der Waals surface area contributed by atoms with E-state index in [1.54, 1.807) is 4.90 Å². The summed E-state index contributed by atoms with van der Waals surface area (Å²) in [4.78, 5) is 115. The van der Waals surface area contributed by atoms with Crippen LogP contribution >= 0.6 is 7.82 Å². The van der Waals surface area contributed by atoms with Crippen molar-refractivity contribution in [3.63, 3.8) is 0 Å². The second-order valence-electron chi connectivity index (χ2n) is 32.6. The predicted molar refractivity (Wildman–Crippen MR) is 446 cm³/mol. The molecule has 0 spiro atoms. The number of aryl methyl sites for hydroxylation is 2. The molecule has 4 saturated heterocycles. The van der Waals surface area contributed by atoms with Crippen molar-refractivity contribution in [2.24, 2.45) is 5.92 Å². The Bertz CT molecular complexity index is 3000. The van der Waals surface area contributed by atoms with E-state index in [2.05, 4.69) is 52.1 Å². The van der Waals surface area contributed by atoms with Gasteiger partial charge < -0.3 is 136 Å². The van der Waals surface area contributed by atoms with E-state index >= 15 is 0 Å². The first kappa shape index (κ1) is 109. The minimum absolute atomic E-state index is 0.0147. The fraction of sp³-hybridized carbons (Fsp3) is 0.878. The summed E-state index contributed by atoms with van der Waals surface area (Å²) in [6.07, 6.45) is 8.75. The highest BCUT2D eigenvalue weighted by molar-refractivity contribution is 7.47. The maximum atomic E-state index is 14.7. The number of aliphatic hydroxyl groups is 9. The molecule has 8 amide bonds. The lowest BCUT2D eigenvalue weighted by molar-refractivity contribution is -0.270. The van der Waals surface area contributed by atoms with E-state index in [9.17, 15) is 93.8 Å². The Balaban J connectivity index is 1.13. The first-order valence-corrected chi connectivity index (χ1v) is 46.2. The van der Waals surface area contributed by atoms with Gasteiger partial charge in [-0.2, -0.15) is 0 Å². The number of ether oxygens (including phenoxy) is 9. The van der Waals surface area contributed by atoms with E-state index in [-0.39, 0.29) is 115 Å². The Kier molecular flexibility index (Phi) is 54.9. The Hall–Kier alpha value is -5.71. The van der Waals surface area contributed by atoms with Gasteiger partial charge in [-0.05, 0) is 83.5 Å². The van der Waals surface area contributed by atoms with E-state index in [4.69, 9.17) is 47.2 Å². The Labute approximate surface area is 728 Å². The van der Waals surface area contributed by atoms with Crippen molar-refractivity contribution in [3.05, 3.63) is 11.9 Å². The molecule has 124 heavy (non-hydrogen) atoms. The molecule has 0 saturated carbocycles. The van der Waals surface area contributed by atoms with E-state index in [0.29, 0.717) is 135 Å². The van der Waals surface area contributed by atoms with Crippen LogP contribution < -0.4 is 37.2 Å². The standard InChI is InChI=1S/C82H148N11O30P/c1-57(97)86-69-75(107)72(104)62(51-94)121-79(69)117-43-26-17-12-22-37-83-65(100)34-47-114-54-82(55-115-48-35-66(101)84-38-23-13-18-27-44-118-80-70(87-58(2)98)76(108)73(105)63(52-95)122-80,56-116-49-36-67(102)85-39-24-14-19-28-45-119-81-71(88-59(3)99)77(109)74(106)64(53-96)123-81)89-78(110)60-32-41-92(42-33-60)68(103)31-21-11-9-15-25-40-93-50-61(90-91-93)30-20-10-7-5-6-8-16-29-46-120-124(111,112)113-4/h50,60,62-64,69-77,79-81,94-96,104-109H,5-49,51-56H2,1-4H3,(H,83,100)(H,84,101)(H,85,102)(H,86,97)(H,87,98)(H,88,99)(H,89,110)(H,111,112). The fourth-order valence-corrected chi connectivity index (χ4v) is 15.4. The molecule has 0 aliphatic carbocycles. The lowest BCUT2D eigenvalue weighted by Gasteiger charge is -2.42. The molecular weight excluding hydrogens is 1650 g/mol. The number of nitrogens with zero attached hydrogens (tertiary/aromatic N) is 4. The van der Waals surface area contributed by atoms with Crippen molar-refractivity contribution in [2.45, 2.75) is 330 Å². The third kappa shape index (κ3) is 43.1. The van der Waals surface area contributed by atoms with Crippen LogP contribution in [0.15, 0.2) is 6.20 Å². The molecule has 0 radical (unpaired) electrons. The molecule has 0 aromatic carbocycles. The van der Waals surface area contributed by atoms with Crippen LogP contribution in [0.4, 0.5) is 0 Å². The maximum absolute atomic E-state index is 14.7. The van der Waals surface area contributed by atoms with Crippen LogP contribution in [0.2, 0.25) is 0 Å². The highest BCUT2D eigenvalue weighted by atomic mass is 31.2. The fourth-order valence-electron chi connectivity index (χ4n) is 14.9. The van der Waals surface area contributed by atoms with Crippen molar-refractivity contribution >= 4 is 55.1 Å². The van der Waals surface area contributed by atoms with Crippen LogP contribution in [0.3, 0.4) is 0 Å². The zero-order valence-corrected chi connectivity index (χ0v) is 74.1. The Morgan fingerprint density at radius 2 is 0.823 bits per heavy atom. The summed E-state index contributed by atoms with van der Waals surface area (Å²) in [5, 5.41) is 120. The van der Waals surface area contributed by atoms with Crippen LogP contribution in [0.1, 0.15) is 226 Å². The molecule has 5 heterocycles. The molecule has 1 aromatic heterocycles. The second-order valence-corrected chi connectivity index (χ2v) is 34.2. The molecule has 4 aliphatic heterocycles. The molecule has 4 aliphatic rings. The topological polar surface area (TPSA) is 576 Å². The molecule has 716 valence electrons. The Morgan fingerprint density at radius 3 is 1.20 bits per heavy atom. The number of amides is 8. The summed E-state index contributed by atoms with van der Waals surface area (Å²) in [6, 6.07) is -3.19. The molecule has 1 aromatic rings. The minimum atomic E-state index is -3.91. The van der Waals surface area contributed by atoms with Gasteiger partial charge in [-0.15, -0.1) is 5.10 Å². The number of rotatable bonds is 68. The summed E-state index contributed by atoms with van der Waals surface area (Å²) in [7, 11) is -2.76. The third-order valence-corrected chi connectivity index (χ3v) is 23.1. The van der Waals surface area contributed by atoms with E-state index < -0.39 is 149 Å². The van der Waals surface area contributed by atoms with E-state index in [0.717, 1.165) is 103 Å². The predicted octanol–water partition coefficient (Wildman–Crippen LogP) is 0.270. The van der Waals surface area contributed by atoms with Crippen LogP contribution in [0.25, 0.3) is 0 Å². The zero-order chi connectivity index (χ0) is 90.5. The van der Waals surface area contributed by atoms with Crippen molar-refractivity contribution < 1.29 is 145 Å². The lowest BCUT2D eigenvalue weighted by atomic mass is 9.93. The number of phosphoric acid groups is 1. The first-order valence-electron chi connectivity index (χ1n) is 44.7. The number of aliphatic hydroxyl groups excluding tert-OH is 9. The molecule has 42 heteroatoms. The van der Waals surface area contributed by atoms with Crippen molar-refractivity contribution in [1.82, 2.24) is 57.1 Å². The minimum Gasteiger partial charge on any atom is -0.394 e. The molecule has 0 bridgehead atoms. The lowest BCUT2D eigenvalue weighted by Crippen LogP contribution is -2.64. The smallest absolute Gasteiger partial charge is 0.394 e. The van der Waals surface area contributed by atoms with E-state index in [1.165, 1.54) is 20.8 Å². The largest absolute Gasteiger partial charge is 0.471 e. The summed E-state index contributed by atoms with van der Waals surface area (Å²) < 4.78 is 75.7. The highest BCUT2D eigenvalue weighted by Crippen LogP contribution is 2.42. The third-order valence-electron chi connectivity index (χ3n) is 22.1. The van der Waals surface area contributed by atoms with E-state index in [1.807, 2.05) is 10.9 Å². The number of hydrogen-bond acceptors (Lipinski definition) is 31. The van der Waals surface area contributed by atoms with Gasteiger partial charge in [-0.1, -0.05) is 102 Å². The maximum Gasteiger partial charge on any atom is 0.471 e. The number of unbranched alkanes of at least 4 members (excludes halogenated alkanes) is 20. The summed E-state index contributed by atoms with van der Waals surface area (Å²) >= 11 is 0. The Morgan fingerprint density at radius 1 is 0.468 bits per heavy atom. The van der Waals surface area contributed by atoms with Gasteiger partial charge >= 0.3 is 7.82 Å². The number of piperidine rings is 1. The van der Waals surface area contributed by atoms with Crippen molar-refractivity contribution in [2.75, 3.05) is 126 Å². The van der Waals surface area contributed by atoms with Gasteiger partial charge in [0.15, 0.2) is 18.9 Å². The summed E-state index contributed by atoms with van der Waals surface area (Å²) in [6.45, 7) is 4.30. The van der Waals surface area contributed by atoms with Gasteiger partial charge in [0, 0.05) is 125 Å². The zero-order valence-electron chi connectivity index (χ0n) is 73.3. The number of aromatic nitrogens is 3. The number of carbonyl (C=O) groups excluding carboxylic acids is 8. The molecule has 17 N–H and O–H groups in total. The number of carbonyl (C=O) groups is 8. The van der Waals surface area contributed by atoms with Gasteiger partial charge in [0.25, 0.3) is 0 Å². The monoisotopic (exact) mass is 1800 g/mol. The van der Waals surface area contributed by atoms with Gasteiger partial charge in [0.2, 0.25) is 47.3 Å². The van der Waals surface area contributed by atoms with Crippen molar-refractivity contribution in [3.8, 4) is 0 Å². The molecular formula is C82H148N11O30P. The summed E-state index contributed by atoms with van der Waals surface area (Å²) in [5.41, 5.74) is -0.459. The highest BCUT2D eigenvalue weighted by Gasteiger charge is 2.48. The molecule has 16 unspecified atom stereocenters. The number of phosphoric ester groups is 1. The first-order chi connectivity index (χ1) is 59.6. The SMILES string of the molecule is COP(=O)(O)OCCCCCCCCCCc1cn(CCCCCCCC(=O)N2CCC(C(=O)NC(COCCC(=O)NCCCCCCOC3OC(CO)C(O)C(O)C3NC(C)=O)(COCCC(=O)NCCCCCCOC3OC(CO)C(O)C(O)C3NC(C)=O)COCCC(=O)NCCCCCCOC3OC(CO)C(O)C(O)C3NC(C)=O)CC2)nn1. The number of nitrogens with one attached hydrogen (secondary N) is 7. The molecule has 4 fully saturated rings. The van der Waals surface area contributed by atoms with Gasteiger partial charge in [0.05, 0.1) is 71.8 Å². The van der Waals surface area contributed by atoms with Crippen LogP contribution in [0.5, 0.6) is 0 Å². The average molecular weight is 1800 g/mol. The normalized spacial score (nSPS) is 24.6. The molecule has 5 rings (SSSR count). The van der Waals surface area contributed by atoms with Crippen LogP contribution in [-0.4, -0.2) is 341 Å². The van der Waals surface area contributed by atoms with Gasteiger partial charge in [-0.25, -0.2) is 4.57 Å². The van der Waals surface area contributed by atoms with Crippen LogP contribution in [-0.2, 0) is 108 Å². The second kappa shape index (κ2) is 62.5. The van der Waals surface area contributed by atoms with Crippen molar-refractivity contribution in [1.29, 1.82) is 0 Å². The summed E-state index contributed by atoms with van der Waals surface area (Å²) in [5.74, 6) is -3.20. The quantitative estimate of drug-likeness (QED) is 0.0307. The van der Waals surface area contributed by atoms with Gasteiger partial charge in [-0.3, -0.25) is 52.1 Å². The average Bonchev–Trinajstić information content (AvgIpc) is 0.934. The number of likely N-dealkylation sites (tertiary alicyclic amines) is 1.